The standard InChI is InChI=1S/C12H19N3O4S/c1-9-13-11(19-14-9)10-3-4-12(18-10)5-7-15(8-6-12)20(2,16)17/h10H,3-8H2,1-2H3/t10-/m0/s1. The van der Waals surface area contributed by atoms with Crippen LogP contribution in [-0.4, -0.2) is 47.8 Å². The van der Waals surface area contributed by atoms with Crippen LogP contribution in [0.5, 0.6) is 0 Å². The molecule has 20 heavy (non-hydrogen) atoms. The number of piperidine rings is 1. The van der Waals surface area contributed by atoms with Crippen LogP contribution >= 0.6 is 0 Å². The topological polar surface area (TPSA) is 85.5 Å². The zero-order valence-electron chi connectivity index (χ0n) is 11.7. The zero-order valence-corrected chi connectivity index (χ0v) is 12.5. The van der Waals surface area contributed by atoms with Crippen LogP contribution in [-0.2, 0) is 14.8 Å². The minimum Gasteiger partial charge on any atom is -0.362 e. The van der Waals surface area contributed by atoms with Crippen molar-refractivity contribution in [2.24, 2.45) is 0 Å². The van der Waals surface area contributed by atoms with E-state index in [2.05, 4.69) is 10.1 Å². The minimum atomic E-state index is -3.10. The fourth-order valence-electron chi connectivity index (χ4n) is 3.02. The van der Waals surface area contributed by atoms with Gasteiger partial charge in [-0.1, -0.05) is 5.16 Å². The largest absolute Gasteiger partial charge is 0.362 e. The van der Waals surface area contributed by atoms with E-state index in [-0.39, 0.29) is 11.7 Å². The number of hydrogen-bond donors (Lipinski definition) is 0. The van der Waals surface area contributed by atoms with Gasteiger partial charge in [0.25, 0.3) is 5.89 Å². The van der Waals surface area contributed by atoms with Gasteiger partial charge in [-0.3, -0.25) is 0 Å². The fourth-order valence-corrected chi connectivity index (χ4v) is 3.87. The van der Waals surface area contributed by atoms with Crippen molar-refractivity contribution in [3.8, 4) is 0 Å². The number of sulfonamides is 1. The van der Waals surface area contributed by atoms with Crippen molar-refractivity contribution in [1.29, 1.82) is 0 Å². The first-order chi connectivity index (χ1) is 9.38. The molecule has 0 aromatic carbocycles. The molecule has 0 saturated carbocycles. The summed E-state index contributed by atoms with van der Waals surface area (Å²) in [6, 6.07) is 0. The molecule has 0 radical (unpaired) electrons. The Morgan fingerprint density at radius 3 is 2.55 bits per heavy atom. The average Bonchev–Trinajstić information content (AvgIpc) is 2.96. The number of hydrogen-bond acceptors (Lipinski definition) is 6. The van der Waals surface area contributed by atoms with Crippen molar-refractivity contribution < 1.29 is 17.7 Å². The van der Waals surface area contributed by atoms with E-state index >= 15 is 0 Å². The first kappa shape index (κ1) is 14.0. The fraction of sp³-hybridized carbons (Fsp3) is 0.833. The molecular formula is C12H19N3O4S. The zero-order chi connectivity index (χ0) is 14.4. The van der Waals surface area contributed by atoms with Crippen LogP contribution in [0.25, 0.3) is 0 Å². The van der Waals surface area contributed by atoms with Crippen LogP contribution in [0.1, 0.15) is 43.5 Å². The Morgan fingerprint density at radius 2 is 2.00 bits per heavy atom. The highest BCUT2D eigenvalue weighted by Crippen LogP contribution is 2.44. The molecular weight excluding hydrogens is 282 g/mol. The van der Waals surface area contributed by atoms with E-state index in [1.54, 1.807) is 6.92 Å². The second-order valence-electron chi connectivity index (χ2n) is 5.67. The molecule has 0 N–H and O–H groups in total. The van der Waals surface area contributed by atoms with Gasteiger partial charge in [0.15, 0.2) is 5.82 Å². The summed E-state index contributed by atoms with van der Waals surface area (Å²) < 4.78 is 35.9. The Bertz CT molecular complexity index is 590. The molecule has 1 atom stereocenters. The molecule has 2 fully saturated rings. The Balaban J connectivity index is 1.66. The molecule has 1 aromatic rings. The highest BCUT2D eigenvalue weighted by molar-refractivity contribution is 7.88. The normalized spacial score (nSPS) is 27.2. The van der Waals surface area contributed by atoms with Crippen LogP contribution in [0.2, 0.25) is 0 Å². The Hall–Kier alpha value is -0.990. The van der Waals surface area contributed by atoms with Crippen molar-refractivity contribution in [3.63, 3.8) is 0 Å². The molecule has 7 nitrogen and oxygen atoms in total. The van der Waals surface area contributed by atoms with Gasteiger partial charge in [0, 0.05) is 13.1 Å². The molecule has 0 amide bonds. The van der Waals surface area contributed by atoms with E-state index < -0.39 is 10.0 Å². The lowest BCUT2D eigenvalue weighted by Gasteiger charge is -2.37. The summed E-state index contributed by atoms with van der Waals surface area (Å²) in [6.45, 7) is 2.82. The number of aromatic nitrogens is 2. The lowest BCUT2D eigenvalue weighted by molar-refractivity contribution is -0.0778. The van der Waals surface area contributed by atoms with E-state index in [0.717, 1.165) is 25.7 Å². The third-order valence-corrected chi connectivity index (χ3v) is 5.48. The van der Waals surface area contributed by atoms with Crippen molar-refractivity contribution in [2.45, 2.75) is 44.3 Å². The second-order valence-corrected chi connectivity index (χ2v) is 7.65. The first-order valence-corrected chi connectivity index (χ1v) is 8.66. The summed E-state index contributed by atoms with van der Waals surface area (Å²) in [4.78, 5) is 4.22. The third-order valence-electron chi connectivity index (χ3n) is 4.18. The van der Waals surface area contributed by atoms with Gasteiger partial charge in [-0.2, -0.15) is 4.98 Å². The summed E-state index contributed by atoms with van der Waals surface area (Å²) >= 11 is 0. The van der Waals surface area contributed by atoms with E-state index in [0.29, 0.717) is 24.8 Å². The maximum Gasteiger partial charge on any atom is 0.255 e. The van der Waals surface area contributed by atoms with Crippen LogP contribution in [0, 0.1) is 6.92 Å². The summed E-state index contributed by atoms with van der Waals surface area (Å²) in [5.41, 5.74) is -0.228. The van der Waals surface area contributed by atoms with Gasteiger partial charge in [-0.15, -0.1) is 0 Å². The summed E-state index contributed by atoms with van der Waals surface area (Å²) in [5.74, 6) is 1.14. The summed E-state index contributed by atoms with van der Waals surface area (Å²) in [7, 11) is -3.10. The SMILES string of the molecule is Cc1noc([C@@H]2CCC3(CCN(S(C)(=O)=O)CC3)O2)n1. The molecule has 3 heterocycles. The molecule has 2 aliphatic rings. The molecule has 2 saturated heterocycles. The summed E-state index contributed by atoms with van der Waals surface area (Å²) in [5, 5.41) is 3.79. The predicted octanol–water partition coefficient (Wildman–Crippen LogP) is 1.02. The smallest absolute Gasteiger partial charge is 0.255 e. The molecule has 1 aromatic heterocycles. The third kappa shape index (κ3) is 2.59. The number of aryl methyl sites for hydroxylation is 1. The van der Waals surface area contributed by atoms with Crippen molar-refractivity contribution >= 4 is 10.0 Å². The van der Waals surface area contributed by atoms with Crippen LogP contribution in [0.3, 0.4) is 0 Å². The van der Waals surface area contributed by atoms with Crippen molar-refractivity contribution in [2.75, 3.05) is 19.3 Å². The molecule has 0 unspecified atom stereocenters. The Morgan fingerprint density at radius 1 is 1.30 bits per heavy atom. The van der Waals surface area contributed by atoms with E-state index in [4.69, 9.17) is 9.26 Å². The van der Waals surface area contributed by atoms with Gasteiger partial charge >= 0.3 is 0 Å². The lowest BCUT2D eigenvalue weighted by atomic mass is 9.89. The van der Waals surface area contributed by atoms with E-state index in [1.807, 2.05) is 0 Å². The Labute approximate surface area is 118 Å². The maximum absolute atomic E-state index is 11.5. The number of rotatable bonds is 2. The highest BCUT2D eigenvalue weighted by atomic mass is 32.2. The second kappa shape index (κ2) is 4.78. The number of nitrogens with zero attached hydrogens (tertiary/aromatic N) is 3. The molecule has 0 aliphatic carbocycles. The van der Waals surface area contributed by atoms with E-state index in [1.165, 1.54) is 10.6 Å². The molecule has 1 spiro atoms. The number of ether oxygens (including phenoxy) is 1. The molecule has 8 heteroatoms. The molecule has 3 rings (SSSR count). The predicted molar refractivity (Wildman–Crippen MR) is 70.5 cm³/mol. The molecule has 112 valence electrons. The summed E-state index contributed by atoms with van der Waals surface area (Å²) in [6.07, 6.45) is 4.32. The van der Waals surface area contributed by atoms with Crippen LogP contribution < -0.4 is 0 Å². The van der Waals surface area contributed by atoms with Crippen LogP contribution in [0.15, 0.2) is 4.52 Å². The highest BCUT2D eigenvalue weighted by Gasteiger charge is 2.45. The maximum atomic E-state index is 11.5. The molecule has 0 bridgehead atoms. The van der Waals surface area contributed by atoms with Gasteiger partial charge in [-0.05, 0) is 32.6 Å². The quantitative estimate of drug-likeness (QED) is 0.811. The first-order valence-electron chi connectivity index (χ1n) is 6.81. The van der Waals surface area contributed by atoms with Gasteiger partial charge in [0.05, 0.1) is 11.9 Å². The van der Waals surface area contributed by atoms with Gasteiger partial charge < -0.3 is 9.26 Å². The van der Waals surface area contributed by atoms with Gasteiger partial charge in [0.2, 0.25) is 10.0 Å². The van der Waals surface area contributed by atoms with Crippen molar-refractivity contribution in [3.05, 3.63) is 11.7 Å². The van der Waals surface area contributed by atoms with E-state index in [9.17, 15) is 8.42 Å². The minimum absolute atomic E-state index is 0.152. The lowest BCUT2D eigenvalue weighted by Crippen LogP contribution is -2.46. The van der Waals surface area contributed by atoms with Gasteiger partial charge in [-0.25, -0.2) is 12.7 Å². The van der Waals surface area contributed by atoms with Crippen LogP contribution in [0.4, 0.5) is 0 Å². The average molecular weight is 301 g/mol. The van der Waals surface area contributed by atoms with Gasteiger partial charge in [0.1, 0.15) is 6.10 Å². The van der Waals surface area contributed by atoms with Crippen molar-refractivity contribution in [1.82, 2.24) is 14.4 Å². The Kier molecular flexibility index (Phi) is 3.34. The molecule has 2 aliphatic heterocycles. The monoisotopic (exact) mass is 301 g/mol.